The Morgan fingerprint density at radius 2 is 2.07 bits per heavy atom. The van der Waals surface area contributed by atoms with Gasteiger partial charge in [0.25, 0.3) is 5.91 Å². The minimum absolute atomic E-state index is 0.0269. The lowest BCUT2D eigenvalue weighted by Gasteiger charge is -2.17. The van der Waals surface area contributed by atoms with Gasteiger partial charge in [0.2, 0.25) is 5.91 Å². The van der Waals surface area contributed by atoms with Crippen molar-refractivity contribution in [2.24, 2.45) is 0 Å². The number of carbonyl (C=O) groups excluding carboxylic acids is 2. The molecule has 3 heterocycles. The number of aromatic amines is 1. The van der Waals surface area contributed by atoms with E-state index in [1.54, 1.807) is 18.2 Å². The molecular weight excluding hydrogens is 404 g/mol. The number of para-hydroxylation sites is 1. The number of rotatable bonds is 3. The molecule has 1 aliphatic heterocycles. The summed E-state index contributed by atoms with van der Waals surface area (Å²) < 4.78 is 5.01. The average molecular weight is 420 g/mol. The molecule has 2 aromatic heterocycles. The van der Waals surface area contributed by atoms with Crippen LogP contribution in [0.1, 0.15) is 27.2 Å². The number of fused-ring (bicyclic) bond motifs is 2. The molecule has 30 heavy (non-hydrogen) atoms. The first-order valence-corrected chi connectivity index (χ1v) is 10.1. The number of oxazole rings is 1. The predicted molar refractivity (Wildman–Crippen MR) is 114 cm³/mol. The van der Waals surface area contributed by atoms with Crippen molar-refractivity contribution < 1.29 is 14.0 Å². The third-order valence-electron chi connectivity index (χ3n) is 4.99. The number of nitrogens with zero attached hydrogens (tertiary/aromatic N) is 1. The van der Waals surface area contributed by atoms with Gasteiger partial charge in [-0.15, -0.1) is 11.3 Å². The van der Waals surface area contributed by atoms with Gasteiger partial charge < -0.3 is 9.73 Å². The zero-order valence-electron chi connectivity index (χ0n) is 15.9. The number of anilines is 2. The third kappa shape index (κ3) is 3.18. The molecule has 0 bridgehead atoms. The largest absolute Gasteiger partial charge is 0.417 e. The molecule has 3 N–H and O–H groups in total. The Kier molecular flexibility index (Phi) is 4.25. The van der Waals surface area contributed by atoms with Crippen LogP contribution in [-0.2, 0) is 11.2 Å². The van der Waals surface area contributed by atoms with E-state index < -0.39 is 5.76 Å². The smallest absolute Gasteiger partial charge is 0.408 e. The molecule has 9 heteroatoms. The summed E-state index contributed by atoms with van der Waals surface area (Å²) in [6.45, 7) is 1.94. The number of hydrogen-bond donors (Lipinski definition) is 3. The van der Waals surface area contributed by atoms with Crippen molar-refractivity contribution >= 4 is 45.1 Å². The van der Waals surface area contributed by atoms with Crippen molar-refractivity contribution in [2.45, 2.75) is 19.8 Å². The van der Waals surface area contributed by atoms with E-state index in [0.717, 1.165) is 27.4 Å². The molecule has 0 saturated carbocycles. The first-order valence-electron chi connectivity index (χ1n) is 9.32. The van der Waals surface area contributed by atoms with E-state index in [4.69, 9.17) is 4.42 Å². The molecule has 8 nitrogen and oxygen atoms in total. The van der Waals surface area contributed by atoms with Crippen LogP contribution in [0.2, 0.25) is 0 Å². The Bertz CT molecular complexity index is 1380. The van der Waals surface area contributed by atoms with E-state index in [9.17, 15) is 14.4 Å². The fourth-order valence-corrected chi connectivity index (χ4v) is 4.41. The minimum atomic E-state index is -0.610. The highest BCUT2D eigenvalue weighted by Crippen LogP contribution is 2.34. The number of aryl methyl sites for hydroxylation is 2. The Hall–Kier alpha value is -3.72. The number of amides is 2. The van der Waals surface area contributed by atoms with Gasteiger partial charge in [-0.05, 0) is 43.2 Å². The second kappa shape index (κ2) is 6.96. The number of thiazole rings is 1. The number of H-pyrrole nitrogens is 1. The Labute approximate surface area is 174 Å². The highest BCUT2D eigenvalue weighted by atomic mass is 32.1. The van der Waals surface area contributed by atoms with E-state index in [0.29, 0.717) is 34.6 Å². The normalized spacial score (nSPS) is 13.2. The van der Waals surface area contributed by atoms with Crippen LogP contribution in [0.15, 0.2) is 45.6 Å². The predicted octanol–water partition coefficient (Wildman–Crippen LogP) is 3.69. The zero-order chi connectivity index (χ0) is 20.8. The Morgan fingerprint density at radius 3 is 2.93 bits per heavy atom. The summed E-state index contributed by atoms with van der Waals surface area (Å²) in [4.78, 5) is 43.9. The fraction of sp³-hybridized carbons (Fsp3) is 0.143. The van der Waals surface area contributed by atoms with Crippen molar-refractivity contribution in [1.29, 1.82) is 0 Å². The van der Waals surface area contributed by atoms with Crippen molar-refractivity contribution in [3.05, 3.63) is 63.0 Å². The molecule has 0 atom stereocenters. The van der Waals surface area contributed by atoms with Crippen LogP contribution in [0.5, 0.6) is 0 Å². The van der Waals surface area contributed by atoms with Crippen molar-refractivity contribution in [3.63, 3.8) is 0 Å². The van der Waals surface area contributed by atoms with Gasteiger partial charge in [-0.3, -0.25) is 19.9 Å². The molecular formula is C21H16N4O4S. The summed E-state index contributed by atoms with van der Waals surface area (Å²) >= 11 is 1.37. The highest BCUT2D eigenvalue weighted by molar-refractivity contribution is 7.16. The van der Waals surface area contributed by atoms with Gasteiger partial charge in [-0.2, -0.15) is 0 Å². The molecule has 5 rings (SSSR count). The van der Waals surface area contributed by atoms with Gasteiger partial charge in [-0.25, -0.2) is 9.78 Å². The summed E-state index contributed by atoms with van der Waals surface area (Å²) in [6, 6.07) is 10.7. The van der Waals surface area contributed by atoms with E-state index >= 15 is 0 Å². The molecule has 2 aromatic carbocycles. The van der Waals surface area contributed by atoms with Crippen molar-refractivity contribution in [3.8, 4) is 11.3 Å². The number of carbonyl (C=O) groups is 2. The first-order chi connectivity index (χ1) is 14.5. The molecule has 0 aliphatic carbocycles. The molecule has 1 aliphatic rings. The van der Waals surface area contributed by atoms with Gasteiger partial charge in [-0.1, -0.05) is 12.1 Å². The lowest BCUT2D eigenvalue weighted by molar-refractivity contribution is -0.116. The molecule has 4 aromatic rings. The maximum atomic E-state index is 12.8. The summed E-state index contributed by atoms with van der Waals surface area (Å²) in [5.41, 5.74) is 4.59. The van der Waals surface area contributed by atoms with Gasteiger partial charge in [0.05, 0.1) is 16.8 Å². The van der Waals surface area contributed by atoms with E-state index in [-0.39, 0.29) is 11.8 Å². The lowest BCUT2D eigenvalue weighted by Crippen LogP contribution is -2.18. The zero-order valence-corrected chi connectivity index (χ0v) is 16.7. The standard InChI is InChI=1S/C21H16N4O4S/c1-10-17(12-5-7-14-11(9-12)6-8-16(26)22-14)23-20(30-10)25-19(27)13-3-2-4-15-18(13)24-21(28)29-15/h2-5,7,9H,6,8H2,1H3,(H,22,26)(H,24,28)(H,23,25,27). The fourth-order valence-electron chi connectivity index (χ4n) is 3.57. The molecule has 2 amide bonds. The third-order valence-corrected chi connectivity index (χ3v) is 5.88. The summed E-state index contributed by atoms with van der Waals surface area (Å²) in [5, 5.41) is 6.14. The van der Waals surface area contributed by atoms with Crippen LogP contribution in [-0.4, -0.2) is 21.8 Å². The monoisotopic (exact) mass is 420 g/mol. The van der Waals surface area contributed by atoms with Gasteiger partial charge in [0, 0.05) is 22.5 Å². The number of nitrogens with one attached hydrogen (secondary N) is 3. The van der Waals surface area contributed by atoms with Crippen LogP contribution >= 0.6 is 11.3 Å². The summed E-state index contributed by atoms with van der Waals surface area (Å²) in [6.07, 6.45) is 1.16. The summed E-state index contributed by atoms with van der Waals surface area (Å²) in [5.74, 6) is -0.966. The Morgan fingerprint density at radius 1 is 1.20 bits per heavy atom. The lowest BCUT2D eigenvalue weighted by atomic mass is 9.99. The number of aromatic nitrogens is 2. The van der Waals surface area contributed by atoms with Crippen LogP contribution in [0.25, 0.3) is 22.4 Å². The topological polar surface area (TPSA) is 117 Å². The average Bonchev–Trinajstić information content (AvgIpc) is 3.28. The number of hydrogen-bond acceptors (Lipinski definition) is 6. The van der Waals surface area contributed by atoms with Gasteiger partial charge in [0.1, 0.15) is 0 Å². The van der Waals surface area contributed by atoms with E-state index in [1.165, 1.54) is 11.3 Å². The second-order valence-electron chi connectivity index (χ2n) is 6.99. The molecule has 150 valence electrons. The van der Waals surface area contributed by atoms with E-state index in [1.807, 2.05) is 25.1 Å². The summed E-state index contributed by atoms with van der Waals surface area (Å²) in [7, 11) is 0. The molecule has 0 saturated heterocycles. The molecule has 0 radical (unpaired) electrons. The highest BCUT2D eigenvalue weighted by Gasteiger charge is 2.19. The second-order valence-corrected chi connectivity index (χ2v) is 8.19. The van der Waals surface area contributed by atoms with E-state index in [2.05, 4.69) is 20.6 Å². The molecule has 0 spiro atoms. The quantitative estimate of drug-likeness (QED) is 0.467. The first kappa shape index (κ1) is 18.3. The maximum Gasteiger partial charge on any atom is 0.417 e. The molecule has 0 unspecified atom stereocenters. The van der Waals surface area contributed by atoms with Gasteiger partial charge in [0.15, 0.2) is 10.7 Å². The van der Waals surface area contributed by atoms with Crippen LogP contribution in [0.4, 0.5) is 10.8 Å². The van der Waals surface area contributed by atoms with Crippen LogP contribution in [0, 0.1) is 6.92 Å². The maximum absolute atomic E-state index is 12.8. The number of benzene rings is 2. The van der Waals surface area contributed by atoms with Crippen LogP contribution < -0.4 is 16.4 Å². The van der Waals surface area contributed by atoms with Crippen molar-refractivity contribution in [2.75, 3.05) is 10.6 Å². The van der Waals surface area contributed by atoms with Gasteiger partial charge >= 0.3 is 5.76 Å². The molecule has 0 fully saturated rings. The van der Waals surface area contributed by atoms with Crippen molar-refractivity contribution in [1.82, 2.24) is 9.97 Å². The minimum Gasteiger partial charge on any atom is -0.408 e. The SMILES string of the molecule is Cc1sc(NC(=O)c2cccc3oc(=O)[nH]c23)nc1-c1ccc2c(c1)CCC(=O)N2. The Balaban J connectivity index is 1.44. The van der Waals surface area contributed by atoms with Crippen LogP contribution in [0.3, 0.4) is 0 Å².